The maximum absolute atomic E-state index is 13.6. The van der Waals surface area contributed by atoms with Gasteiger partial charge >= 0.3 is 0 Å². The lowest BCUT2D eigenvalue weighted by Gasteiger charge is -2.11. The van der Waals surface area contributed by atoms with E-state index in [1.807, 2.05) is 19.2 Å². The normalized spacial score (nSPS) is 12.7. The fraction of sp³-hybridized carbons (Fsp3) is 0.308. The fourth-order valence-electron chi connectivity index (χ4n) is 1.59. The molecule has 96 valence electrons. The van der Waals surface area contributed by atoms with E-state index in [-0.39, 0.29) is 11.9 Å². The molecule has 0 saturated carbocycles. The van der Waals surface area contributed by atoms with Crippen molar-refractivity contribution in [3.8, 4) is 0 Å². The maximum atomic E-state index is 13.6. The molecule has 1 aromatic heterocycles. The molecule has 1 atom stereocenters. The Morgan fingerprint density at radius 3 is 2.89 bits per heavy atom. The smallest absolute Gasteiger partial charge is 0.129 e. The lowest BCUT2D eigenvalue weighted by molar-refractivity contribution is 0.542. The van der Waals surface area contributed by atoms with Gasteiger partial charge < -0.3 is 5.32 Å². The Kier molecular flexibility index (Phi) is 4.32. The summed E-state index contributed by atoms with van der Waals surface area (Å²) in [7, 11) is 0. The SMILES string of the molecule is Cc1csc(C(C)NCc2ccc(Cl)cc2F)n1. The number of aryl methyl sites for hydroxylation is 1. The van der Waals surface area contributed by atoms with Crippen LogP contribution in [0.1, 0.15) is 29.2 Å². The van der Waals surface area contributed by atoms with Gasteiger partial charge in [-0.15, -0.1) is 11.3 Å². The third-order valence-electron chi connectivity index (χ3n) is 2.62. The molecule has 1 aromatic carbocycles. The van der Waals surface area contributed by atoms with E-state index in [1.165, 1.54) is 6.07 Å². The minimum absolute atomic E-state index is 0.110. The maximum Gasteiger partial charge on any atom is 0.129 e. The number of nitrogens with one attached hydrogen (secondary N) is 1. The summed E-state index contributed by atoms with van der Waals surface area (Å²) in [6.45, 7) is 4.44. The zero-order chi connectivity index (χ0) is 13.1. The highest BCUT2D eigenvalue weighted by Crippen LogP contribution is 2.19. The predicted molar refractivity (Wildman–Crippen MR) is 73.5 cm³/mol. The molecular formula is C13H14ClFN2S. The Morgan fingerprint density at radius 2 is 2.28 bits per heavy atom. The Labute approximate surface area is 115 Å². The molecule has 0 bridgehead atoms. The van der Waals surface area contributed by atoms with Crippen molar-refractivity contribution >= 4 is 22.9 Å². The van der Waals surface area contributed by atoms with Crippen molar-refractivity contribution in [1.29, 1.82) is 0 Å². The average molecular weight is 285 g/mol. The highest BCUT2D eigenvalue weighted by molar-refractivity contribution is 7.09. The van der Waals surface area contributed by atoms with E-state index in [4.69, 9.17) is 11.6 Å². The first kappa shape index (κ1) is 13.5. The number of aromatic nitrogens is 1. The van der Waals surface area contributed by atoms with Crippen LogP contribution in [0, 0.1) is 12.7 Å². The third-order valence-corrected chi connectivity index (χ3v) is 4.00. The van der Waals surface area contributed by atoms with Gasteiger partial charge in [-0.3, -0.25) is 0 Å². The van der Waals surface area contributed by atoms with Crippen LogP contribution in [0.15, 0.2) is 23.6 Å². The highest BCUT2D eigenvalue weighted by atomic mass is 35.5. The minimum atomic E-state index is -0.280. The van der Waals surface area contributed by atoms with E-state index >= 15 is 0 Å². The quantitative estimate of drug-likeness (QED) is 0.914. The first-order chi connectivity index (χ1) is 8.56. The van der Waals surface area contributed by atoms with Crippen molar-refractivity contribution in [2.45, 2.75) is 26.4 Å². The van der Waals surface area contributed by atoms with Gasteiger partial charge in [0.2, 0.25) is 0 Å². The van der Waals surface area contributed by atoms with E-state index in [9.17, 15) is 4.39 Å². The summed E-state index contributed by atoms with van der Waals surface area (Å²) in [6.07, 6.45) is 0. The fourth-order valence-corrected chi connectivity index (χ4v) is 2.57. The number of nitrogens with zero attached hydrogens (tertiary/aromatic N) is 1. The number of thiazole rings is 1. The Hall–Kier alpha value is -0.970. The van der Waals surface area contributed by atoms with Crippen molar-refractivity contribution in [2.24, 2.45) is 0 Å². The van der Waals surface area contributed by atoms with Crippen LogP contribution in [0.3, 0.4) is 0 Å². The molecule has 0 aliphatic carbocycles. The molecule has 5 heteroatoms. The van der Waals surface area contributed by atoms with Crippen molar-refractivity contribution in [2.75, 3.05) is 0 Å². The summed E-state index contributed by atoms with van der Waals surface area (Å²) in [5, 5.41) is 6.70. The van der Waals surface area contributed by atoms with E-state index in [0.717, 1.165) is 10.7 Å². The van der Waals surface area contributed by atoms with Crippen LogP contribution in [0.25, 0.3) is 0 Å². The molecule has 0 radical (unpaired) electrons. The molecule has 1 heterocycles. The number of hydrogen-bond donors (Lipinski definition) is 1. The highest BCUT2D eigenvalue weighted by Gasteiger charge is 2.10. The summed E-state index contributed by atoms with van der Waals surface area (Å²) >= 11 is 7.32. The number of rotatable bonds is 4. The summed E-state index contributed by atoms with van der Waals surface area (Å²) in [4.78, 5) is 4.40. The first-order valence-electron chi connectivity index (χ1n) is 5.65. The van der Waals surface area contributed by atoms with Gasteiger partial charge in [0.15, 0.2) is 0 Å². The zero-order valence-electron chi connectivity index (χ0n) is 10.2. The molecule has 1 N–H and O–H groups in total. The first-order valence-corrected chi connectivity index (χ1v) is 6.91. The summed E-state index contributed by atoms with van der Waals surface area (Å²) in [5.74, 6) is -0.280. The van der Waals surface area contributed by atoms with Crippen LogP contribution in [0.2, 0.25) is 5.02 Å². The molecular weight excluding hydrogens is 271 g/mol. The van der Waals surface area contributed by atoms with Crippen molar-refractivity contribution in [1.82, 2.24) is 10.3 Å². The van der Waals surface area contributed by atoms with Crippen molar-refractivity contribution < 1.29 is 4.39 Å². The Balaban J connectivity index is 1.99. The largest absolute Gasteiger partial charge is 0.304 e. The van der Waals surface area contributed by atoms with E-state index in [1.54, 1.807) is 23.5 Å². The molecule has 18 heavy (non-hydrogen) atoms. The van der Waals surface area contributed by atoms with Crippen LogP contribution < -0.4 is 5.32 Å². The van der Waals surface area contributed by atoms with Gasteiger partial charge in [-0.05, 0) is 26.0 Å². The van der Waals surface area contributed by atoms with Gasteiger partial charge in [0, 0.05) is 28.2 Å². The summed E-state index contributed by atoms with van der Waals surface area (Å²) < 4.78 is 13.6. The van der Waals surface area contributed by atoms with Gasteiger partial charge in [-0.2, -0.15) is 0 Å². The van der Waals surface area contributed by atoms with Crippen LogP contribution in [-0.4, -0.2) is 4.98 Å². The van der Waals surface area contributed by atoms with Gasteiger partial charge in [0.05, 0.1) is 6.04 Å². The van der Waals surface area contributed by atoms with Gasteiger partial charge in [0.25, 0.3) is 0 Å². The van der Waals surface area contributed by atoms with E-state index in [0.29, 0.717) is 17.1 Å². The average Bonchev–Trinajstić information content (AvgIpc) is 2.74. The monoisotopic (exact) mass is 284 g/mol. The Morgan fingerprint density at radius 1 is 1.50 bits per heavy atom. The van der Waals surface area contributed by atoms with E-state index in [2.05, 4.69) is 10.3 Å². The number of hydrogen-bond acceptors (Lipinski definition) is 3. The third kappa shape index (κ3) is 3.28. The van der Waals surface area contributed by atoms with Gasteiger partial charge in [-0.1, -0.05) is 17.7 Å². The lowest BCUT2D eigenvalue weighted by Crippen LogP contribution is -2.18. The van der Waals surface area contributed by atoms with Crippen molar-refractivity contribution in [3.05, 3.63) is 50.7 Å². The molecule has 0 spiro atoms. The van der Waals surface area contributed by atoms with Gasteiger partial charge in [0.1, 0.15) is 10.8 Å². The van der Waals surface area contributed by atoms with Crippen molar-refractivity contribution in [3.63, 3.8) is 0 Å². The second-order valence-electron chi connectivity index (χ2n) is 4.17. The molecule has 0 aliphatic rings. The zero-order valence-corrected chi connectivity index (χ0v) is 11.8. The molecule has 0 saturated heterocycles. The molecule has 2 aromatic rings. The topological polar surface area (TPSA) is 24.9 Å². The lowest BCUT2D eigenvalue weighted by atomic mass is 10.2. The molecule has 2 nitrogen and oxygen atoms in total. The van der Waals surface area contributed by atoms with Crippen LogP contribution >= 0.6 is 22.9 Å². The number of halogens is 2. The van der Waals surface area contributed by atoms with Crippen LogP contribution in [-0.2, 0) is 6.54 Å². The molecule has 2 rings (SSSR count). The summed E-state index contributed by atoms with van der Waals surface area (Å²) in [5.41, 5.74) is 1.63. The molecule has 0 fully saturated rings. The second-order valence-corrected chi connectivity index (χ2v) is 5.49. The summed E-state index contributed by atoms with van der Waals surface area (Å²) in [6, 6.07) is 4.83. The van der Waals surface area contributed by atoms with Crippen LogP contribution in [0.4, 0.5) is 4.39 Å². The van der Waals surface area contributed by atoms with Gasteiger partial charge in [-0.25, -0.2) is 9.37 Å². The predicted octanol–water partition coefficient (Wildman–Crippen LogP) is 4.09. The number of benzene rings is 1. The standard InChI is InChI=1S/C13H14ClFN2S/c1-8-7-18-13(17-8)9(2)16-6-10-3-4-11(14)5-12(10)15/h3-5,7,9,16H,6H2,1-2H3. The molecule has 0 amide bonds. The van der Waals surface area contributed by atoms with E-state index < -0.39 is 0 Å². The second kappa shape index (κ2) is 5.78. The molecule has 0 aliphatic heterocycles. The molecule has 1 unspecified atom stereocenters. The van der Waals surface area contributed by atoms with Crippen LogP contribution in [0.5, 0.6) is 0 Å². The minimum Gasteiger partial charge on any atom is -0.304 e. The Bertz CT molecular complexity index is 542.